The summed E-state index contributed by atoms with van der Waals surface area (Å²) < 4.78 is 24.6. The quantitative estimate of drug-likeness (QED) is 0.591. The summed E-state index contributed by atoms with van der Waals surface area (Å²) in [5, 5.41) is 5.58. The van der Waals surface area contributed by atoms with Crippen LogP contribution in [-0.2, 0) is 16.4 Å². The van der Waals surface area contributed by atoms with Gasteiger partial charge in [-0.25, -0.2) is 13.1 Å². The molecule has 27 heavy (non-hydrogen) atoms. The van der Waals surface area contributed by atoms with Crippen molar-refractivity contribution in [1.29, 1.82) is 0 Å². The minimum atomic E-state index is -3.22. The van der Waals surface area contributed by atoms with E-state index >= 15 is 0 Å². The lowest BCUT2D eigenvalue weighted by atomic mass is 10.2. The summed E-state index contributed by atoms with van der Waals surface area (Å²) in [6.07, 6.45) is 2.47. The second kappa shape index (κ2) is 9.63. The van der Waals surface area contributed by atoms with Crippen LogP contribution in [0.15, 0.2) is 36.4 Å². The predicted molar refractivity (Wildman–Crippen MR) is 108 cm³/mol. The van der Waals surface area contributed by atoms with Crippen LogP contribution >= 0.6 is 11.3 Å². The van der Waals surface area contributed by atoms with Gasteiger partial charge in [0.15, 0.2) is 0 Å². The monoisotopic (exact) mass is 409 g/mol. The second-order valence-corrected chi connectivity index (χ2v) is 8.97. The first-order chi connectivity index (χ1) is 12.8. The molecule has 0 bridgehead atoms. The van der Waals surface area contributed by atoms with Crippen molar-refractivity contribution in [1.82, 2.24) is 10.0 Å². The van der Waals surface area contributed by atoms with Crippen molar-refractivity contribution in [2.24, 2.45) is 0 Å². The molecule has 3 N–H and O–H groups in total. The Morgan fingerprint density at radius 2 is 1.85 bits per heavy atom. The number of hydrogen-bond acceptors (Lipinski definition) is 5. The first-order valence-electron chi connectivity index (χ1n) is 8.51. The van der Waals surface area contributed by atoms with Crippen molar-refractivity contribution in [2.75, 3.05) is 24.7 Å². The van der Waals surface area contributed by atoms with E-state index in [1.165, 1.54) is 11.3 Å². The van der Waals surface area contributed by atoms with Gasteiger partial charge in [-0.2, -0.15) is 0 Å². The second-order valence-electron chi connectivity index (χ2n) is 5.97. The zero-order chi connectivity index (χ0) is 19.9. The lowest BCUT2D eigenvalue weighted by Gasteiger charge is -2.07. The predicted octanol–water partition coefficient (Wildman–Crippen LogP) is 2.23. The first-order valence-corrected chi connectivity index (χ1v) is 11.2. The van der Waals surface area contributed by atoms with Crippen LogP contribution in [0, 0.1) is 0 Å². The van der Waals surface area contributed by atoms with Crippen LogP contribution < -0.4 is 15.4 Å². The highest BCUT2D eigenvalue weighted by Gasteiger charge is 2.12. The van der Waals surface area contributed by atoms with E-state index in [0.717, 1.165) is 17.6 Å². The molecule has 2 aromatic rings. The Morgan fingerprint density at radius 1 is 1.07 bits per heavy atom. The fourth-order valence-corrected chi connectivity index (χ4v) is 3.64. The van der Waals surface area contributed by atoms with E-state index in [9.17, 15) is 18.0 Å². The van der Waals surface area contributed by atoms with Gasteiger partial charge in [-0.3, -0.25) is 9.59 Å². The summed E-state index contributed by atoms with van der Waals surface area (Å²) in [7, 11) is -3.22. The SMILES string of the molecule is CCCNC(=O)c1cccc(NC(=O)c2ccc(CCNS(C)(=O)=O)s2)c1. The van der Waals surface area contributed by atoms with Crippen LogP contribution in [0.2, 0.25) is 0 Å². The van der Waals surface area contributed by atoms with Crippen LogP contribution in [-0.4, -0.2) is 39.6 Å². The Kier molecular flexibility index (Phi) is 7.52. The van der Waals surface area contributed by atoms with Crippen molar-refractivity contribution in [3.8, 4) is 0 Å². The maximum absolute atomic E-state index is 12.4. The maximum Gasteiger partial charge on any atom is 0.265 e. The number of benzene rings is 1. The Hall–Kier alpha value is -2.23. The van der Waals surface area contributed by atoms with Gasteiger partial charge in [-0.1, -0.05) is 13.0 Å². The molecule has 0 atom stereocenters. The highest BCUT2D eigenvalue weighted by atomic mass is 32.2. The van der Waals surface area contributed by atoms with Gasteiger partial charge in [0.1, 0.15) is 0 Å². The van der Waals surface area contributed by atoms with Gasteiger partial charge in [0.05, 0.1) is 11.1 Å². The largest absolute Gasteiger partial charge is 0.352 e. The molecular weight excluding hydrogens is 386 g/mol. The van der Waals surface area contributed by atoms with Crippen LogP contribution in [0.5, 0.6) is 0 Å². The number of carbonyl (C=O) groups is 2. The molecule has 0 radical (unpaired) electrons. The van der Waals surface area contributed by atoms with Gasteiger partial charge in [0.25, 0.3) is 11.8 Å². The molecular formula is C18H23N3O4S2. The van der Waals surface area contributed by atoms with Crippen LogP contribution in [0.4, 0.5) is 5.69 Å². The molecule has 0 aliphatic carbocycles. The first kappa shape index (κ1) is 21.1. The molecule has 0 saturated heterocycles. The molecule has 0 spiro atoms. The van der Waals surface area contributed by atoms with E-state index in [1.807, 2.05) is 6.92 Å². The number of carbonyl (C=O) groups excluding carboxylic acids is 2. The highest BCUT2D eigenvalue weighted by molar-refractivity contribution is 7.88. The van der Waals surface area contributed by atoms with E-state index in [4.69, 9.17) is 0 Å². The molecule has 0 unspecified atom stereocenters. The van der Waals surface area contributed by atoms with E-state index < -0.39 is 10.0 Å². The molecule has 146 valence electrons. The standard InChI is InChI=1S/C18H23N3O4S2/c1-3-10-19-17(22)13-5-4-6-14(12-13)21-18(23)16-8-7-15(26-16)9-11-20-27(2,24)25/h4-8,12,20H,3,9-11H2,1-2H3,(H,19,22)(H,21,23). The number of rotatable bonds is 9. The Morgan fingerprint density at radius 3 is 2.56 bits per heavy atom. The molecule has 1 aromatic carbocycles. The summed E-state index contributed by atoms with van der Waals surface area (Å²) in [6.45, 7) is 2.86. The van der Waals surface area contributed by atoms with Crippen molar-refractivity contribution in [3.05, 3.63) is 51.7 Å². The molecule has 1 aromatic heterocycles. The minimum absolute atomic E-state index is 0.176. The highest BCUT2D eigenvalue weighted by Crippen LogP contribution is 2.19. The molecule has 0 saturated carbocycles. The van der Waals surface area contributed by atoms with Crippen LogP contribution in [0.25, 0.3) is 0 Å². The van der Waals surface area contributed by atoms with E-state index in [-0.39, 0.29) is 18.4 Å². The van der Waals surface area contributed by atoms with Gasteiger partial charge in [0, 0.05) is 29.2 Å². The Balaban J connectivity index is 1.96. The zero-order valence-electron chi connectivity index (χ0n) is 15.2. The molecule has 7 nitrogen and oxygen atoms in total. The summed E-state index contributed by atoms with van der Waals surface area (Å²) in [5.74, 6) is -0.446. The lowest BCUT2D eigenvalue weighted by molar-refractivity contribution is 0.0952. The number of thiophene rings is 1. The number of amides is 2. The van der Waals surface area contributed by atoms with Gasteiger partial charge in [-0.15, -0.1) is 11.3 Å². The van der Waals surface area contributed by atoms with Crippen LogP contribution in [0.1, 0.15) is 38.3 Å². The topological polar surface area (TPSA) is 104 Å². The fourth-order valence-electron chi connectivity index (χ4n) is 2.27. The van der Waals surface area contributed by atoms with E-state index in [0.29, 0.717) is 29.1 Å². The van der Waals surface area contributed by atoms with Crippen molar-refractivity contribution in [2.45, 2.75) is 19.8 Å². The fraction of sp³-hybridized carbons (Fsp3) is 0.333. The average molecular weight is 410 g/mol. The molecule has 1 heterocycles. The molecule has 2 amide bonds. The number of sulfonamides is 1. The molecule has 9 heteroatoms. The van der Waals surface area contributed by atoms with E-state index in [1.54, 1.807) is 36.4 Å². The summed E-state index contributed by atoms with van der Waals surface area (Å²) in [6, 6.07) is 10.3. The Bertz CT molecular complexity index is 907. The number of nitrogens with one attached hydrogen (secondary N) is 3. The van der Waals surface area contributed by atoms with Gasteiger partial charge < -0.3 is 10.6 Å². The smallest absolute Gasteiger partial charge is 0.265 e. The minimum Gasteiger partial charge on any atom is -0.352 e. The maximum atomic E-state index is 12.4. The van der Waals surface area contributed by atoms with Crippen molar-refractivity contribution < 1.29 is 18.0 Å². The molecule has 0 fully saturated rings. The lowest BCUT2D eigenvalue weighted by Crippen LogP contribution is -2.24. The third-order valence-electron chi connectivity index (χ3n) is 3.54. The normalized spacial score (nSPS) is 11.2. The van der Waals surface area contributed by atoms with E-state index in [2.05, 4.69) is 15.4 Å². The summed E-state index contributed by atoms with van der Waals surface area (Å²) in [4.78, 5) is 25.8. The summed E-state index contributed by atoms with van der Waals surface area (Å²) >= 11 is 1.31. The average Bonchev–Trinajstić information content (AvgIpc) is 3.08. The van der Waals surface area contributed by atoms with Gasteiger partial charge in [0.2, 0.25) is 10.0 Å². The number of anilines is 1. The van der Waals surface area contributed by atoms with Gasteiger partial charge in [-0.05, 0) is 43.2 Å². The summed E-state index contributed by atoms with van der Waals surface area (Å²) in [5.41, 5.74) is 1.03. The van der Waals surface area contributed by atoms with Crippen molar-refractivity contribution in [3.63, 3.8) is 0 Å². The molecule has 0 aliphatic rings. The molecule has 2 rings (SSSR count). The Labute approximate surface area is 163 Å². The van der Waals surface area contributed by atoms with Gasteiger partial charge >= 0.3 is 0 Å². The third kappa shape index (κ3) is 7.12. The van der Waals surface area contributed by atoms with Crippen molar-refractivity contribution >= 4 is 38.9 Å². The zero-order valence-corrected chi connectivity index (χ0v) is 16.9. The van der Waals surface area contributed by atoms with Crippen LogP contribution in [0.3, 0.4) is 0 Å². The third-order valence-corrected chi connectivity index (χ3v) is 5.41. The molecule has 0 aliphatic heterocycles. The number of hydrogen-bond donors (Lipinski definition) is 3.